The van der Waals surface area contributed by atoms with Crippen molar-refractivity contribution in [1.29, 1.82) is 0 Å². The quantitative estimate of drug-likeness (QED) is 0.919. The van der Waals surface area contributed by atoms with E-state index < -0.39 is 0 Å². The molecular formula is C12H11N3O3S. The zero-order valence-electron chi connectivity index (χ0n) is 10.1. The largest absolute Gasteiger partial charge is 0.403 e. The molecule has 0 aliphatic heterocycles. The molecule has 0 unspecified atom stereocenters. The predicted molar refractivity (Wildman–Crippen MR) is 71.5 cm³/mol. The lowest BCUT2D eigenvalue weighted by Crippen LogP contribution is -2.15. The third-order valence-corrected chi connectivity index (χ3v) is 2.91. The summed E-state index contributed by atoms with van der Waals surface area (Å²) in [6.45, 7) is 1.40. The van der Waals surface area contributed by atoms with Gasteiger partial charge >= 0.3 is 6.01 Å². The smallest absolute Gasteiger partial charge is 0.322 e. The third-order valence-electron chi connectivity index (χ3n) is 2.10. The van der Waals surface area contributed by atoms with E-state index in [0.717, 1.165) is 17.3 Å². The minimum Gasteiger partial charge on any atom is -0.403 e. The molecular weight excluding hydrogens is 266 g/mol. The van der Waals surface area contributed by atoms with Crippen molar-refractivity contribution in [3.8, 4) is 11.5 Å². The first kappa shape index (κ1) is 13.3. The molecule has 0 spiro atoms. The summed E-state index contributed by atoms with van der Waals surface area (Å²) in [7, 11) is 0. The Morgan fingerprint density at radius 2 is 2.00 bits per heavy atom. The van der Waals surface area contributed by atoms with Crippen LogP contribution in [0.3, 0.4) is 0 Å². The number of carbonyl (C=O) groups is 2. The molecule has 2 aromatic rings. The lowest BCUT2D eigenvalue weighted by molar-refractivity contribution is -0.114. The maximum absolute atomic E-state index is 11.5. The monoisotopic (exact) mass is 277 g/mol. The molecule has 1 aromatic carbocycles. The molecule has 0 atom stereocenters. The first-order valence-corrected chi connectivity index (χ1v) is 6.46. The Labute approximate surface area is 113 Å². The second-order valence-corrected chi connectivity index (χ2v) is 4.76. The second kappa shape index (κ2) is 6.14. The summed E-state index contributed by atoms with van der Waals surface area (Å²) in [5.74, 6) is -0.00292. The van der Waals surface area contributed by atoms with E-state index >= 15 is 0 Å². The van der Waals surface area contributed by atoms with Gasteiger partial charge in [-0.15, -0.1) is 5.10 Å². The molecule has 1 heterocycles. The SMILES string of the molecule is CC(=O)SCC(=O)Nc1nnc(-c2ccccc2)o1. The Morgan fingerprint density at radius 1 is 1.26 bits per heavy atom. The van der Waals surface area contributed by atoms with Crippen molar-refractivity contribution in [3.05, 3.63) is 30.3 Å². The fraction of sp³-hybridized carbons (Fsp3) is 0.167. The molecule has 0 aliphatic rings. The number of thioether (sulfide) groups is 1. The topological polar surface area (TPSA) is 85.1 Å². The van der Waals surface area contributed by atoms with Gasteiger partial charge in [-0.3, -0.25) is 14.9 Å². The Bertz CT molecular complexity index is 583. The molecule has 1 N–H and O–H groups in total. The molecule has 19 heavy (non-hydrogen) atoms. The molecule has 7 heteroatoms. The number of hydrogen-bond donors (Lipinski definition) is 1. The van der Waals surface area contributed by atoms with Crippen LogP contribution in [-0.2, 0) is 9.59 Å². The van der Waals surface area contributed by atoms with Crippen molar-refractivity contribution in [3.63, 3.8) is 0 Å². The summed E-state index contributed by atoms with van der Waals surface area (Å²) in [6.07, 6.45) is 0. The van der Waals surface area contributed by atoms with E-state index in [-0.39, 0.29) is 22.8 Å². The van der Waals surface area contributed by atoms with Gasteiger partial charge in [-0.1, -0.05) is 35.1 Å². The van der Waals surface area contributed by atoms with Crippen LogP contribution in [0.4, 0.5) is 6.01 Å². The number of nitrogens with zero attached hydrogens (tertiary/aromatic N) is 2. The zero-order chi connectivity index (χ0) is 13.7. The van der Waals surface area contributed by atoms with Crippen molar-refractivity contribution in [2.75, 3.05) is 11.1 Å². The number of benzene rings is 1. The van der Waals surface area contributed by atoms with Crippen LogP contribution in [0.15, 0.2) is 34.7 Å². The lowest BCUT2D eigenvalue weighted by Gasteiger charge is -1.97. The van der Waals surface area contributed by atoms with Crippen molar-refractivity contribution in [2.45, 2.75) is 6.92 Å². The Kier molecular flexibility index (Phi) is 4.30. The number of carbonyl (C=O) groups excluding carboxylic acids is 2. The van der Waals surface area contributed by atoms with Crippen LogP contribution in [0.5, 0.6) is 0 Å². The van der Waals surface area contributed by atoms with Gasteiger partial charge in [0.05, 0.1) is 5.75 Å². The molecule has 98 valence electrons. The first-order valence-electron chi connectivity index (χ1n) is 5.47. The van der Waals surface area contributed by atoms with E-state index in [4.69, 9.17) is 4.42 Å². The normalized spacial score (nSPS) is 10.2. The van der Waals surface area contributed by atoms with Crippen molar-refractivity contribution < 1.29 is 14.0 Å². The van der Waals surface area contributed by atoms with Crippen LogP contribution in [0.25, 0.3) is 11.5 Å². The third kappa shape index (κ3) is 3.92. The van der Waals surface area contributed by atoms with E-state index in [2.05, 4.69) is 15.5 Å². The molecule has 0 bridgehead atoms. The van der Waals surface area contributed by atoms with Gasteiger partial charge in [0.1, 0.15) is 0 Å². The highest BCUT2D eigenvalue weighted by molar-refractivity contribution is 8.14. The molecule has 0 saturated carbocycles. The van der Waals surface area contributed by atoms with Crippen LogP contribution in [0.1, 0.15) is 6.92 Å². The summed E-state index contributed by atoms with van der Waals surface area (Å²) in [5.41, 5.74) is 0.772. The van der Waals surface area contributed by atoms with Gasteiger partial charge in [0.2, 0.25) is 11.8 Å². The van der Waals surface area contributed by atoms with E-state index in [9.17, 15) is 9.59 Å². The van der Waals surface area contributed by atoms with Crippen LogP contribution in [0, 0.1) is 0 Å². The predicted octanol–water partition coefficient (Wildman–Crippen LogP) is 1.95. The number of amides is 1. The minimum atomic E-state index is -0.358. The Balaban J connectivity index is 1.98. The van der Waals surface area contributed by atoms with Gasteiger partial charge in [0.25, 0.3) is 0 Å². The van der Waals surface area contributed by atoms with Gasteiger partial charge in [-0.05, 0) is 12.1 Å². The minimum absolute atomic E-state index is 0.0213. The molecule has 0 aliphatic carbocycles. The molecule has 0 fully saturated rings. The van der Waals surface area contributed by atoms with E-state index in [0.29, 0.717) is 5.89 Å². The average Bonchev–Trinajstić information content (AvgIpc) is 2.86. The first-order chi connectivity index (χ1) is 9.15. The zero-order valence-corrected chi connectivity index (χ0v) is 10.9. The maximum atomic E-state index is 11.5. The van der Waals surface area contributed by atoms with Crippen LogP contribution < -0.4 is 5.32 Å². The fourth-order valence-electron chi connectivity index (χ4n) is 1.29. The highest BCUT2D eigenvalue weighted by atomic mass is 32.2. The van der Waals surface area contributed by atoms with Gasteiger partial charge in [-0.2, -0.15) is 0 Å². The van der Waals surface area contributed by atoms with Crippen molar-refractivity contribution >= 4 is 28.8 Å². The number of anilines is 1. The lowest BCUT2D eigenvalue weighted by atomic mass is 10.2. The summed E-state index contributed by atoms with van der Waals surface area (Å²) in [6, 6.07) is 9.24. The van der Waals surface area contributed by atoms with Gasteiger partial charge < -0.3 is 4.42 Å². The number of hydrogen-bond acceptors (Lipinski definition) is 6. The molecule has 1 aromatic heterocycles. The molecule has 2 rings (SSSR count). The van der Waals surface area contributed by atoms with Gasteiger partial charge in [-0.25, -0.2) is 0 Å². The fourth-order valence-corrected chi connectivity index (χ4v) is 1.70. The van der Waals surface area contributed by atoms with E-state index in [1.807, 2.05) is 30.3 Å². The van der Waals surface area contributed by atoms with Gasteiger partial charge in [0, 0.05) is 12.5 Å². The van der Waals surface area contributed by atoms with Gasteiger partial charge in [0.15, 0.2) is 5.12 Å². The van der Waals surface area contributed by atoms with E-state index in [1.165, 1.54) is 6.92 Å². The number of nitrogens with one attached hydrogen (secondary N) is 1. The highest BCUT2D eigenvalue weighted by Crippen LogP contribution is 2.19. The summed E-state index contributed by atoms with van der Waals surface area (Å²) in [5, 5.41) is 9.86. The van der Waals surface area contributed by atoms with E-state index in [1.54, 1.807) is 0 Å². The maximum Gasteiger partial charge on any atom is 0.322 e. The van der Waals surface area contributed by atoms with Crippen LogP contribution >= 0.6 is 11.8 Å². The molecule has 6 nitrogen and oxygen atoms in total. The summed E-state index contributed by atoms with van der Waals surface area (Å²) >= 11 is 0.921. The molecule has 1 amide bonds. The molecule has 0 radical (unpaired) electrons. The summed E-state index contributed by atoms with van der Waals surface area (Å²) in [4.78, 5) is 22.2. The average molecular weight is 277 g/mol. The van der Waals surface area contributed by atoms with Crippen LogP contribution in [0.2, 0.25) is 0 Å². The standard InChI is InChI=1S/C12H11N3O3S/c1-8(16)19-7-10(17)13-12-15-14-11(18-12)9-5-3-2-4-6-9/h2-6H,7H2,1H3,(H,13,15,17). The highest BCUT2D eigenvalue weighted by Gasteiger charge is 2.11. The van der Waals surface area contributed by atoms with Crippen LogP contribution in [-0.4, -0.2) is 27.0 Å². The van der Waals surface area contributed by atoms with Crippen molar-refractivity contribution in [1.82, 2.24) is 10.2 Å². The second-order valence-electron chi connectivity index (χ2n) is 3.61. The molecule has 0 saturated heterocycles. The Morgan fingerprint density at radius 3 is 2.68 bits per heavy atom. The Hall–Kier alpha value is -2.15. The summed E-state index contributed by atoms with van der Waals surface area (Å²) < 4.78 is 5.30. The van der Waals surface area contributed by atoms with Crippen molar-refractivity contribution in [2.24, 2.45) is 0 Å². The number of aromatic nitrogens is 2. The number of rotatable bonds is 4.